The lowest BCUT2D eigenvalue weighted by Gasteiger charge is -2.34. The van der Waals surface area contributed by atoms with Gasteiger partial charge in [0.05, 0.1) is 6.20 Å². The lowest BCUT2D eigenvalue weighted by molar-refractivity contribution is -0.133. The molecule has 1 fully saturated rings. The van der Waals surface area contributed by atoms with E-state index in [9.17, 15) is 9.59 Å². The summed E-state index contributed by atoms with van der Waals surface area (Å²) in [5.74, 6) is -0.0482. The van der Waals surface area contributed by atoms with Crippen LogP contribution in [0.25, 0.3) is 21.8 Å². The molecule has 0 spiro atoms. The molecule has 0 N–H and O–H groups in total. The Bertz CT molecular complexity index is 1470. The molecule has 4 aromatic rings. The van der Waals surface area contributed by atoms with Crippen LogP contribution < -0.4 is 5.56 Å². The Balaban J connectivity index is 1.52. The number of rotatable bonds is 6. The van der Waals surface area contributed by atoms with Crippen LogP contribution in [0.5, 0.6) is 0 Å². The lowest BCUT2D eigenvalue weighted by Crippen LogP contribution is -2.50. The van der Waals surface area contributed by atoms with Gasteiger partial charge >= 0.3 is 0 Å². The van der Waals surface area contributed by atoms with Gasteiger partial charge in [-0.05, 0) is 56.5 Å². The molecule has 0 saturated carbocycles. The predicted molar refractivity (Wildman–Crippen MR) is 145 cm³/mol. The lowest BCUT2D eigenvalue weighted by atomic mass is 10.00. The van der Waals surface area contributed by atoms with Crippen molar-refractivity contribution in [2.24, 2.45) is 0 Å². The van der Waals surface area contributed by atoms with Crippen LogP contribution >= 0.6 is 0 Å². The second-order valence-electron chi connectivity index (χ2n) is 10.1. The van der Waals surface area contributed by atoms with Gasteiger partial charge in [0, 0.05) is 49.0 Å². The monoisotopic (exact) mass is 485 g/mol. The average molecular weight is 486 g/mol. The number of fused-ring (bicyclic) bond motifs is 3. The van der Waals surface area contributed by atoms with Gasteiger partial charge < -0.3 is 9.47 Å². The number of aromatic nitrogens is 3. The zero-order valence-electron chi connectivity index (χ0n) is 21.8. The first-order valence-corrected chi connectivity index (χ1v) is 12.9. The summed E-state index contributed by atoms with van der Waals surface area (Å²) in [6.45, 7) is 13.3. The minimum absolute atomic E-state index is 0.0351. The number of piperazine rings is 1. The molecule has 2 aromatic heterocycles. The Kier molecular flexibility index (Phi) is 6.67. The number of hydrogen-bond acceptors (Lipinski definition) is 4. The molecule has 2 aromatic carbocycles. The summed E-state index contributed by atoms with van der Waals surface area (Å²) < 4.78 is 3.44. The third kappa shape index (κ3) is 4.44. The number of carbonyl (C=O) groups is 1. The average Bonchev–Trinajstić information content (AvgIpc) is 3.18. The van der Waals surface area contributed by atoms with E-state index in [-0.39, 0.29) is 18.0 Å². The fourth-order valence-electron chi connectivity index (χ4n) is 5.65. The number of benzene rings is 2. The van der Waals surface area contributed by atoms with Gasteiger partial charge in [0.15, 0.2) is 0 Å². The van der Waals surface area contributed by atoms with Gasteiger partial charge in [0.1, 0.15) is 12.1 Å². The van der Waals surface area contributed by atoms with E-state index in [0.717, 1.165) is 42.3 Å². The summed E-state index contributed by atoms with van der Waals surface area (Å²) in [5, 5.41) is 6.27. The van der Waals surface area contributed by atoms with Crippen LogP contribution in [0.4, 0.5) is 0 Å². The first-order valence-electron chi connectivity index (χ1n) is 12.9. The van der Waals surface area contributed by atoms with Gasteiger partial charge in [-0.1, -0.05) is 42.8 Å². The van der Waals surface area contributed by atoms with E-state index in [2.05, 4.69) is 60.5 Å². The highest BCUT2D eigenvalue weighted by molar-refractivity contribution is 6.07. The molecule has 36 heavy (non-hydrogen) atoms. The molecule has 0 unspecified atom stereocenters. The van der Waals surface area contributed by atoms with Gasteiger partial charge in [-0.15, -0.1) is 0 Å². The first kappa shape index (κ1) is 24.3. The minimum Gasteiger partial charge on any atom is -0.339 e. The van der Waals surface area contributed by atoms with Gasteiger partial charge in [0.25, 0.3) is 5.56 Å². The molecule has 1 saturated heterocycles. The van der Waals surface area contributed by atoms with Crippen LogP contribution in [0.2, 0.25) is 0 Å². The molecule has 188 valence electrons. The van der Waals surface area contributed by atoms with Crippen molar-refractivity contribution in [3.05, 3.63) is 75.2 Å². The van der Waals surface area contributed by atoms with E-state index in [1.54, 1.807) is 6.20 Å². The molecular weight excluding hydrogens is 450 g/mol. The second kappa shape index (κ2) is 9.90. The van der Waals surface area contributed by atoms with Gasteiger partial charge in [-0.3, -0.25) is 14.5 Å². The SMILES string of the molecule is CCCN1CCN(C(=O)Cn2ncc3c4ccccc4n(Cc4c(C)cc(C)cc4C)c3c2=O)CC1. The molecule has 7 nitrogen and oxygen atoms in total. The van der Waals surface area contributed by atoms with Crippen molar-refractivity contribution in [3.63, 3.8) is 0 Å². The molecule has 1 amide bonds. The van der Waals surface area contributed by atoms with Gasteiger partial charge in [-0.25, -0.2) is 4.68 Å². The van der Waals surface area contributed by atoms with E-state index in [4.69, 9.17) is 0 Å². The van der Waals surface area contributed by atoms with Crippen LogP contribution in [0.3, 0.4) is 0 Å². The maximum absolute atomic E-state index is 13.8. The summed E-state index contributed by atoms with van der Waals surface area (Å²) >= 11 is 0. The minimum atomic E-state index is -0.218. The molecular formula is C29H35N5O2. The zero-order valence-corrected chi connectivity index (χ0v) is 21.8. The zero-order chi connectivity index (χ0) is 25.4. The van der Waals surface area contributed by atoms with Crippen LogP contribution in [-0.2, 0) is 17.9 Å². The van der Waals surface area contributed by atoms with Gasteiger partial charge in [-0.2, -0.15) is 5.10 Å². The smallest absolute Gasteiger partial charge is 0.291 e. The highest BCUT2D eigenvalue weighted by atomic mass is 16.2. The summed E-state index contributed by atoms with van der Waals surface area (Å²) in [6, 6.07) is 12.5. The Morgan fingerprint density at radius 1 is 0.972 bits per heavy atom. The van der Waals surface area contributed by atoms with Crippen molar-refractivity contribution in [2.45, 2.75) is 47.2 Å². The number of hydrogen-bond donors (Lipinski definition) is 0. The first-order chi connectivity index (χ1) is 17.4. The number of carbonyl (C=O) groups excluding carboxylic acids is 1. The Labute approximate surface area is 211 Å². The highest BCUT2D eigenvalue weighted by Gasteiger charge is 2.23. The topological polar surface area (TPSA) is 63.4 Å². The fourth-order valence-corrected chi connectivity index (χ4v) is 5.65. The Hall–Kier alpha value is -3.45. The normalized spacial score (nSPS) is 14.7. The molecule has 5 rings (SSSR count). The van der Waals surface area contributed by atoms with Crippen molar-refractivity contribution in [3.8, 4) is 0 Å². The molecule has 0 radical (unpaired) electrons. The summed E-state index contributed by atoms with van der Waals surface area (Å²) in [6.07, 6.45) is 2.86. The van der Waals surface area contributed by atoms with Crippen LogP contribution in [0.15, 0.2) is 47.4 Å². The van der Waals surface area contributed by atoms with E-state index < -0.39 is 0 Å². The summed E-state index contributed by atoms with van der Waals surface area (Å²) in [5.41, 5.74) is 6.26. The van der Waals surface area contributed by atoms with E-state index in [0.29, 0.717) is 25.2 Å². The number of para-hydroxylation sites is 1. The predicted octanol–water partition coefficient (Wildman–Crippen LogP) is 3.88. The summed E-state index contributed by atoms with van der Waals surface area (Å²) in [7, 11) is 0. The summed E-state index contributed by atoms with van der Waals surface area (Å²) in [4.78, 5) is 31.1. The molecule has 0 bridgehead atoms. The van der Waals surface area contributed by atoms with Crippen molar-refractivity contribution in [1.29, 1.82) is 0 Å². The van der Waals surface area contributed by atoms with E-state index >= 15 is 0 Å². The standard InChI is InChI=1S/C29H35N5O2/c1-5-10-31-11-13-32(14-12-31)27(35)19-34-29(36)28-24(17-30-34)23-8-6-7-9-26(23)33(28)18-25-21(3)15-20(2)16-22(25)4/h6-9,15-17H,5,10-14,18-19H2,1-4H3. The Morgan fingerprint density at radius 3 is 2.36 bits per heavy atom. The number of aryl methyl sites for hydroxylation is 3. The van der Waals surface area contributed by atoms with E-state index in [1.165, 1.54) is 26.9 Å². The second-order valence-corrected chi connectivity index (χ2v) is 10.1. The third-order valence-corrected chi connectivity index (χ3v) is 7.48. The molecule has 1 aliphatic rings. The number of amides is 1. The van der Waals surface area contributed by atoms with Crippen molar-refractivity contribution in [1.82, 2.24) is 24.1 Å². The van der Waals surface area contributed by atoms with Crippen molar-refractivity contribution in [2.75, 3.05) is 32.7 Å². The molecule has 0 atom stereocenters. The van der Waals surface area contributed by atoms with E-state index in [1.807, 2.05) is 23.1 Å². The molecule has 1 aliphatic heterocycles. The van der Waals surface area contributed by atoms with Crippen LogP contribution in [-0.4, -0.2) is 62.8 Å². The van der Waals surface area contributed by atoms with Crippen molar-refractivity contribution >= 4 is 27.7 Å². The molecule has 7 heteroatoms. The highest BCUT2D eigenvalue weighted by Crippen LogP contribution is 2.28. The maximum atomic E-state index is 13.8. The van der Waals surface area contributed by atoms with Crippen LogP contribution in [0, 0.1) is 20.8 Å². The third-order valence-electron chi connectivity index (χ3n) is 7.48. The van der Waals surface area contributed by atoms with Crippen molar-refractivity contribution < 1.29 is 4.79 Å². The fraction of sp³-hybridized carbons (Fsp3) is 0.414. The quantitative estimate of drug-likeness (QED) is 0.416. The molecule has 3 heterocycles. The maximum Gasteiger partial charge on any atom is 0.291 e. The largest absolute Gasteiger partial charge is 0.339 e. The molecule has 0 aliphatic carbocycles. The number of nitrogens with zero attached hydrogens (tertiary/aromatic N) is 5. The van der Waals surface area contributed by atoms with Gasteiger partial charge in [0.2, 0.25) is 5.91 Å². The van der Waals surface area contributed by atoms with Crippen LogP contribution in [0.1, 0.15) is 35.6 Å². The Morgan fingerprint density at radius 2 is 1.67 bits per heavy atom.